The summed E-state index contributed by atoms with van der Waals surface area (Å²) in [6, 6.07) is 9.42. The van der Waals surface area contributed by atoms with Crippen molar-refractivity contribution in [3.8, 4) is 5.75 Å². The Balaban J connectivity index is 1.80. The van der Waals surface area contributed by atoms with E-state index in [1.807, 2.05) is 35.2 Å². The van der Waals surface area contributed by atoms with Gasteiger partial charge in [-0.1, -0.05) is 18.2 Å². The van der Waals surface area contributed by atoms with E-state index in [0.717, 1.165) is 31.7 Å². The zero-order chi connectivity index (χ0) is 16.1. The van der Waals surface area contributed by atoms with Crippen molar-refractivity contribution in [3.05, 3.63) is 47.9 Å². The first-order chi connectivity index (χ1) is 11.2. The molecule has 6 heteroatoms. The number of hydrogen-bond donors (Lipinski definition) is 1. The number of nitrogens with zero attached hydrogens (tertiary/aromatic N) is 3. The number of piperidine rings is 1. The van der Waals surface area contributed by atoms with Gasteiger partial charge >= 0.3 is 5.97 Å². The number of aromatic nitrogens is 2. The first-order valence-corrected chi connectivity index (χ1v) is 7.76. The van der Waals surface area contributed by atoms with E-state index in [0.29, 0.717) is 11.6 Å². The van der Waals surface area contributed by atoms with Gasteiger partial charge in [-0.25, -0.2) is 14.8 Å². The van der Waals surface area contributed by atoms with Gasteiger partial charge in [-0.05, 0) is 31.4 Å². The quantitative estimate of drug-likeness (QED) is 0.915. The molecule has 120 valence electrons. The standard InChI is InChI=1S/C17H19N3O3/c21-17(22)14-11-18-15(12-23-13-7-3-1-4-8-13)19-16(14)20-9-5-2-6-10-20/h1,3-4,7-8,11H,2,5-6,9-10,12H2,(H,21,22). The second-order valence-corrected chi connectivity index (χ2v) is 5.48. The lowest BCUT2D eigenvalue weighted by Crippen LogP contribution is -2.32. The van der Waals surface area contributed by atoms with Crippen molar-refractivity contribution >= 4 is 11.8 Å². The average Bonchev–Trinajstić information content (AvgIpc) is 2.61. The van der Waals surface area contributed by atoms with Crippen LogP contribution in [-0.4, -0.2) is 34.1 Å². The van der Waals surface area contributed by atoms with E-state index >= 15 is 0 Å². The largest absolute Gasteiger partial charge is 0.486 e. The third-order valence-corrected chi connectivity index (χ3v) is 3.82. The molecule has 0 spiro atoms. The summed E-state index contributed by atoms with van der Waals surface area (Å²) in [5.74, 6) is 0.720. The van der Waals surface area contributed by atoms with E-state index in [9.17, 15) is 9.90 Å². The molecule has 0 saturated carbocycles. The second-order valence-electron chi connectivity index (χ2n) is 5.48. The molecule has 2 heterocycles. The Morgan fingerprint density at radius 1 is 1.17 bits per heavy atom. The fourth-order valence-electron chi connectivity index (χ4n) is 2.64. The lowest BCUT2D eigenvalue weighted by Gasteiger charge is -2.28. The Morgan fingerprint density at radius 3 is 2.61 bits per heavy atom. The fraction of sp³-hybridized carbons (Fsp3) is 0.353. The molecule has 0 unspecified atom stereocenters. The SMILES string of the molecule is O=C(O)c1cnc(COc2ccccc2)nc1N1CCCCC1. The van der Waals surface area contributed by atoms with Crippen LogP contribution >= 0.6 is 0 Å². The van der Waals surface area contributed by atoms with Gasteiger partial charge in [0.25, 0.3) is 0 Å². The Hall–Kier alpha value is -2.63. The van der Waals surface area contributed by atoms with Crippen molar-refractivity contribution in [3.63, 3.8) is 0 Å². The minimum atomic E-state index is -0.999. The first-order valence-electron chi connectivity index (χ1n) is 7.76. The molecule has 1 N–H and O–H groups in total. The molecule has 0 radical (unpaired) electrons. The molecule has 0 bridgehead atoms. The lowest BCUT2D eigenvalue weighted by molar-refractivity contribution is 0.0696. The zero-order valence-corrected chi connectivity index (χ0v) is 12.8. The van der Waals surface area contributed by atoms with Crippen LogP contribution in [0.2, 0.25) is 0 Å². The normalized spacial score (nSPS) is 14.5. The molecular weight excluding hydrogens is 294 g/mol. The highest BCUT2D eigenvalue weighted by molar-refractivity contribution is 5.92. The number of benzene rings is 1. The molecule has 1 saturated heterocycles. The summed E-state index contributed by atoms with van der Waals surface area (Å²) in [6.45, 7) is 1.87. The highest BCUT2D eigenvalue weighted by Gasteiger charge is 2.21. The molecule has 6 nitrogen and oxygen atoms in total. The highest BCUT2D eigenvalue weighted by Crippen LogP contribution is 2.22. The molecule has 0 amide bonds. The van der Waals surface area contributed by atoms with Crippen LogP contribution in [0.4, 0.5) is 5.82 Å². The summed E-state index contributed by atoms with van der Waals surface area (Å²) in [6.07, 6.45) is 4.66. The topological polar surface area (TPSA) is 75.5 Å². The van der Waals surface area contributed by atoms with Crippen LogP contribution in [-0.2, 0) is 6.61 Å². The predicted octanol–water partition coefficient (Wildman–Crippen LogP) is 2.74. The highest BCUT2D eigenvalue weighted by atomic mass is 16.5. The van der Waals surface area contributed by atoms with Crippen LogP contribution in [0.5, 0.6) is 5.75 Å². The fourth-order valence-corrected chi connectivity index (χ4v) is 2.64. The summed E-state index contributed by atoms with van der Waals surface area (Å²) >= 11 is 0. The van der Waals surface area contributed by atoms with E-state index in [2.05, 4.69) is 9.97 Å². The maximum absolute atomic E-state index is 11.4. The molecule has 0 aliphatic carbocycles. The second kappa shape index (κ2) is 7.09. The number of carbonyl (C=O) groups is 1. The Morgan fingerprint density at radius 2 is 1.91 bits per heavy atom. The lowest BCUT2D eigenvalue weighted by atomic mass is 10.1. The monoisotopic (exact) mass is 313 g/mol. The minimum Gasteiger partial charge on any atom is -0.486 e. The molecule has 23 heavy (non-hydrogen) atoms. The Labute approximate surface area is 134 Å². The van der Waals surface area contributed by atoms with Crippen molar-refractivity contribution in [1.82, 2.24) is 9.97 Å². The van der Waals surface area contributed by atoms with E-state index in [1.54, 1.807) is 0 Å². The van der Waals surface area contributed by atoms with E-state index in [-0.39, 0.29) is 12.2 Å². The van der Waals surface area contributed by atoms with Crippen LogP contribution in [0.25, 0.3) is 0 Å². The summed E-state index contributed by atoms with van der Waals surface area (Å²) in [5.41, 5.74) is 0.148. The number of para-hydroxylation sites is 1. The number of ether oxygens (including phenoxy) is 1. The first kappa shape index (κ1) is 15.3. The maximum Gasteiger partial charge on any atom is 0.341 e. The molecule has 1 aliphatic heterocycles. The predicted molar refractivity (Wildman–Crippen MR) is 85.8 cm³/mol. The maximum atomic E-state index is 11.4. The minimum absolute atomic E-state index is 0.148. The van der Waals surface area contributed by atoms with Crippen molar-refractivity contribution in [2.75, 3.05) is 18.0 Å². The number of hydrogen-bond acceptors (Lipinski definition) is 5. The number of anilines is 1. The van der Waals surface area contributed by atoms with Gasteiger partial charge in [0.2, 0.25) is 0 Å². The molecule has 2 aromatic rings. The summed E-state index contributed by atoms with van der Waals surface area (Å²) in [5, 5.41) is 9.36. The van der Waals surface area contributed by atoms with Crippen molar-refractivity contribution in [1.29, 1.82) is 0 Å². The number of aromatic carboxylic acids is 1. The number of carboxylic acid groups (broad SMARTS) is 1. The van der Waals surface area contributed by atoms with Gasteiger partial charge in [0.1, 0.15) is 23.7 Å². The molecular formula is C17H19N3O3. The van der Waals surface area contributed by atoms with Crippen LogP contribution < -0.4 is 9.64 Å². The smallest absolute Gasteiger partial charge is 0.341 e. The van der Waals surface area contributed by atoms with Gasteiger partial charge in [-0.3, -0.25) is 0 Å². The van der Waals surface area contributed by atoms with Crippen molar-refractivity contribution < 1.29 is 14.6 Å². The Bertz CT molecular complexity index is 670. The van der Waals surface area contributed by atoms with Crippen molar-refractivity contribution in [2.24, 2.45) is 0 Å². The third kappa shape index (κ3) is 3.77. The number of rotatable bonds is 5. The third-order valence-electron chi connectivity index (χ3n) is 3.82. The average molecular weight is 313 g/mol. The molecule has 0 atom stereocenters. The molecule has 1 aromatic heterocycles. The summed E-state index contributed by atoms with van der Waals surface area (Å²) < 4.78 is 5.64. The summed E-state index contributed by atoms with van der Waals surface area (Å²) in [4.78, 5) is 22.0. The van der Waals surface area contributed by atoms with E-state index in [1.165, 1.54) is 12.6 Å². The van der Waals surface area contributed by atoms with Gasteiger partial charge in [0.05, 0.1) is 0 Å². The zero-order valence-electron chi connectivity index (χ0n) is 12.8. The van der Waals surface area contributed by atoms with Gasteiger partial charge in [0.15, 0.2) is 5.82 Å². The van der Waals surface area contributed by atoms with E-state index in [4.69, 9.17) is 4.74 Å². The van der Waals surface area contributed by atoms with Crippen molar-refractivity contribution in [2.45, 2.75) is 25.9 Å². The van der Waals surface area contributed by atoms with Gasteiger partial charge in [-0.15, -0.1) is 0 Å². The molecule has 1 aliphatic rings. The van der Waals surface area contributed by atoms with Gasteiger partial charge < -0.3 is 14.7 Å². The molecule has 1 fully saturated rings. The van der Waals surface area contributed by atoms with Gasteiger partial charge in [-0.2, -0.15) is 0 Å². The van der Waals surface area contributed by atoms with E-state index < -0.39 is 5.97 Å². The van der Waals surface area contributed by atoms with Crippen LogP contribution in [0.1, 0.15) is 35.4 Å². The van der Waals surface area contributed by atoms with Crippen LogP contribution in [0, 0.1) is 0 Å². The van der Waals surface area contributed by atoms with Crippen LogP contribution in [0.15, 0.2) is 36.5 Å². The number of carboxylic acids is 1. The van der Waals surface area contributed by atoms with Crippen LogP contribution in [0.3, 0.4) is 0 Å². The Kier molecular flexibility index (Phi) is 4.71. The summed E-state index contributed by atoms with van der Waals surface area (Å²) in [7, 11) is 0. The molecule has 3 rings (SSSR count). The molecule has 1 aromatic carbocycles. The van der Waals surface area contributed by atoms with Gasteiger partial charge in [0, 0.05) is 19.3 Å².